The number of alkyl halides is 1. The third-order valence-corrected chi connectivity index (χ3v) is 2.91. The van der Waals surface area contributed by atoms with Crippen LogP contribution in [0.25, 0.3) is 0 Å². The lowest BCUT2D eigenvalue weighted by atomic mass is 10.1. The maximum Gasteiger partial charge on any atom is 0.162 e. The molecule has 0 N–H and O–H groups in total. The molecule has 0 amide bonds. The Morgan fingerprint density at radius 2 is 1.65 bits per heavy atom. The van der Waals surface area contributed by atoms with E-state index < -0.39 is 0 Å². The quantitative estimate of drug-likeness (QED) is 0.691. The lowest BCUT2D eigenvalue weighted by molar-refractivity contribution is 0.287. The Bertz CT molecular complexity index is 354. The van der Waals surface area contributed by atoms with Gasteiger partial charge in [0.2, 0.25) is 0 Å². The molecule has 0 radical (unpaired) electrons. The largest absolute Gasteiger partial charge is 0.490 e. The molecule has 1 aromatic carbocycles. The molecule has 0 bridgehead atoms. The van der Waals surface area contributed by atoms with Gasteiger partial charge in [-0.05, 0) is 38.3 Å². The molecule has 96 valence electrons. The summed E-state index contributed by atoms with van der Waals surface area (Å²) in [5.41, 5.74) is 1.05. The van der Waals surface area contributed by atoms with Crippen molar-refractivity contribution in [3.05, 3.63) is 22.7 Å². The number of aryl methyl sites for hydroxylation is 1. The van der Waals surface area contributed by atoms with Gasteiger partial charge in [-0.25, -0.2) is 0 Å². The smallest absolute Gasteiger partial charge is 0.162 e. The van der Waals surface area contributed by atoms with Crippen molar-refractivity contribution in [2.45, 2.75) is 26.7 Å². The van der Waals surface area contributed by atoms with E-state index in [0.717, 1.165) is 24.2 Å². The fraction of sp³-hybridized carbons (Fsp3) is 0.538. The van der Waals surface area contributed by atoms with Gasteiger partial charge in [0, 0.05) is 17.0 Å². The molecule has 17 heavy (non-hydrogen) atoms. The number of halogens is 2. The standard InChI is InChI=1S/C13H18Cl2O2/c1-3-16-12-8-10(6-5-7-14)11(15)9-13(12)17-4-2/h8-9H,3-7H2,1-2H3. The van der Waals surface area contributed by atoms with Crippen LogP contribution in [0.2, 0.25) is 5.02 Å². The van der Waals surface area contributed by atoms with Crippen molar-refractivity contribution in [2.24, 2.45) is 0 Å². The number of hydrogen-bond acceptors (Lipinski definition) is 2. The lowest BCUT2D eigenvalue weighted by Gasteiger charge is -2.13. The minimum absolute atomic E-state index is 0.595. The van der Waals surface area contributed by atoms with Crippen molar-refractivity contribution < 1.29 is 9.47 Å². The summed E-state index contributed by atoms with van der Waals surface area (Å²) in [6.07, 6.45) is 1.76. The van der Waals surface area contributed by atoms with Gasteiger partial charge in [0.15, 0.2) is 11.5 Å². The fourth-order valence-electron chi connectivity index (χ4n) is 1.56. The second-order valence-electron chi connectivity index (χ2n) is 3.55. The second kappa shape index (κ2) is 7.67. The zero-order valence-corrected chi connectivity index (χ0v) is 11.8. The molecule has 0 fully saturated rings. The first kappa shape index (κ1) is 14.5. The summed E-state index contributed by atoms with van der Waals surface area (Å²) in [6, 6.07) is 3.77. The molecule has 0 aliphatic carbocycles. The Morgan fingerprint density at radius 3 is 2.18 bits per heavy atom. The van der Waals surface area contributed by atoms with Gasteiger partial charge in [-0.1, -0.05) is 11.6 Å². The molecule has 0 unspecified atom stereocenters. The van der Waals surface area contributed by atoms with Crippen molar-refractivity contribution >= 4 is 23.2 Å². The van der Waals surface area contributed by atoms with E-state index in [1.807, 2.05) is 26.0 Å². The molecule has 0 atom stereocenters. The minimum Gasteiger partial charge on any atom is -0.490 e. The monoisotopic (exact) mass is 276 g/mol. The molecule has 4 heteroatoms. The van der Waals surface area contributed by atoms with Crippen LogP contribution in [0, 0.1) is 0 Å². The first-order valence-corrected chi connectivity index (χ1v) is 6.78. The minimum atomic E-state index is 0.595. The zero-order valence-electron chi connectivity index (χ0n) is 10.3. The van der Waals surface area contributed by atoms with E-state index in [1.54, 1.807) is 0 Å². The summed E-state index contributed by atoms with van der Waals surface area (Å²) >= 11 is 11.9. The van der Waals surface area contributed by atoms with Crippen LogP contribution >= 0.6 is 23.2 Å². The normalized spacial score (nSPS) is 10.4. The average molecular weight is 277 g/mol. The molecule has 1 aromatic rings. The van der Waals surface area contributed by atoms with Crippen LogP contribution in [0.5, 0.6) is 11.5 Å². The molecular weight excluding hydrogens is 259 g/mol. The van der Waals surface area contributed by atoms with Crippen LogP contribution in [0.4, 0.5) is 0 Å². The predicted octanol–water partition coefficient (Wildman–Crippen LogP) is 4.31. The summed E-state index contributed by atoms with van der Waals surface area (Å²) in [6.45, 7) is 5.09. The predicted molar refractivity (Wildman–Crippen MR) is 72.8 cm³/mol. The van der Waals surface area contributed by atoms with Crippen LogP contribution in [0.1, 0.15) is 25.8 Å². The summed E-state index contributed by atoms with van der Waals surface area (Å²) in [7, 11) is 0. The van der Waals surface area contributed by atoms with Crippen LogP contribution in [0.3, 0.4) is 0 Å². The van der Waals surface area contributed by atoms with Crippen molar-refractivity contribution in [3.8, 4) is 11.5 Å². The summed E-state index contributed by atoms with van der Waals surface area (Å²) in [5, 5.41) is 0.710. The van der Waals surface area contributed by atoms with Gasteiger partial charge in [0.1, 0.15) is 0 Å². The topological polar surface area (TPSA) is 18.5 Å². The third-order valence-electron chi connectivity index (χ3n) is 2.29. The Morgan fingerprint density at radius 1 is 1.06 bits per heavy atom. The van der Waals surface area contributed by atoms with Crippen molar-refractivity contribution in [3.63, 3.8) is 0 Å². The Balaban J connectivity index is 2.96. The van der Waals surface area contributed by atoms with Gasteiger partial charge in [-0.3, -0.25) is 0 Å². The third kappa shape index (κ3) is 4.29. The van der Waals surface area contributed by atoms with E-state index in [0.29, 0.717) is 29.9 Å². The molecule has 0 aliphatic rings. The molecule has 0 spiro atoms. The highest BCUT2D eigenvalue weighted by molar-refractivity contribution is 6.31. The highest BCUT2D eigenvalue weighted by Gasteiger charge is 2.10. The molecule has 0 aromatic heterocycles. The highest BCUT2D eigenvalue weighted by Crippen LogP contribution is 2.34. The molecule has 2 nitrogen and oxygen atoms in total. The van der Waals surface area contributed by atoms with E-state index >= 15 is 0 Å². The van der Waals surface area contributed by atoms with Gasteiger partial charge >= 0.3 is 0 Å². The van der Waals surface area contributed by atoms with Crippen LogP contribution in [-0.4, -0.2) is 19.1 Å². The summed E-state index contributed by atoms with van der Waals surface area (Å²) < 4.78 is 11.0. The van der Waals surface area contributed by atoms with Crippen LogP contribution in [-0.2, 0) is 6.42 Å². The first-order valence-electron chi connectivity index (χ1n) is 5.86. The van der Waals surface area contributed by atoms with E-state index in [-0.39, 0.29) is 0 Å². The molecular formula is C13H18Cl2O2. The zero-order chi connectivity index (χ0) is 12.7. The van der Waals surface area contributed by atoms with Crippen LogP contribution < -0.4 is 9.47 Å². The number of rotatable bonds is 7. The summed E-state index contributed by atoms with van der Waals surface area (Å²) in [4.78, 5) is 0. The lowest BCUT2D eigenvalue weighted by Crippen LogP contribution is -2.00. The van der Waals surface area contributed by atoms with E-state index in [1.165, 1.54) is 0 Å². The van der Waals surface area contributed by atoms with Crippen molar-refractivity contribution in [1.82, 2.24) is 0 Å². The van der Waals surface area contributed by atoms with Crippen molar-refractivity contribution in [1.29, 1.82) is 0 Å². The number of hydrogen-bond donors (Lipinski definition) is 0. The van der Waals surface area contributed by atoms with Gasteiger partial charge in [-0.2, -0.15) is 0 Å². The highest BCUT2D eigenvalue weighted by atomic mass is 35.5. The Labute approximate surface area is 113 Å². The van der Waals surface area contributed by atoms with Gasteiger partial charge < -0.3 is 9.47 Å². The van der Waals surface area contributed by atoms with E-state index in [9.17, 15) is 0 Å². The number of benzene rings is 1. The van der Waals surface area contributed by atoms with Gasteiger partial charge in [0.05, 0.1) is 13.2 Å². The average Bonchev–Trinajstić information content (AvgIpc) is 2.31. The SMILES string of the molecule is CCOc1cc(Cl)c(CCCCl)cc1OCC. The van der Waals surface area contributed by atoms with E-state index in [4.69, 9.17) is 32.7 Å². The van der Waals surface area contributed by atoms with Gasteiger partial charge in [-0.15, -0.1) is 11.6 Å². The number of ether oxygens (including phenoxy) is 2. The Kier molecular flexibility index (Phi) is 6.53. The Hall–Kier alpha value is -0.600. The fourth-order valence-corrected chi connectivity index (χ4v) is 1.94. The second-order valence-corrected chi connectivity index (χ2v) is 4.33. The molecule has 1 rings (SSSR count). The molecule has 0 saturated carbocycles. The maximum atomic E-state index is 6.19. The molecule has 0 saturated heterocycles. The van der Waals surface area contributed by atoms with Crippen LogP contribution in [0.15, 0.2) is 12.1 Å². The van der Waals surface area contributed by atoms with Gasteiger partial charge in [0.25, 0.3) is 0 Å². The molecule has 0 heterocycles. The maximum absolute atomic E-state index is 6.19. The summed E-state index contributed by atoms with van der Waals surface area (Å²) in [5.74, 6) is 2.09. The molecule has 0 aliphatic heterocycles. The van der Waals surface area contributed by atoms with E-state index in [2.05, 4.69) is 0 Å². The van der Waals surface area contributed by atoms with Crippen molar-refractivity contribution in [2.75, 3.05) is 19.1 Å². The first-order chi connectivity index (χ1) is 8.22.